The van der Waals surface area contributed by atoms with Gasteiger partial charge in [0, 0.05) is 12.0 Å². The van der Waals surface area contributed by atoms with Gasteiger partial charge in [-0.15, -0.1) is 0 Å². The van der Waals surface area contributed by atoms with Crippen molar-refractivity contribution < 1.29 is 4.79 Å². The molecule has 0 amide bonds. The van der Waals surface area contributed by atoms with Crippen molar-refractivity contribution in [3.63, 3.8) is 0 Å². The van der Waals surface area contributed by atoms with E-state index in [9.17, 15) is 4.79 Å². The molecule has 88 valence electrons. The molecule has 0 heterocycles. The van der Waals surface area contributed by atoms with Crippen LogP contribution in [-0.4, -0.2) is 18.9 Å². The summed E-state index contributed by atoms with van der Waals surface area (Å²) in [5.41, 5.74) is 0. The average molecular weight is 211 g/mol. The topological polar surface area (TPSA) is 29.1 Å². The van der Waals surface area contributed by atoms with E-state index >= 15 is 0 Å². The van der Waals surface area contributed by atoms with Gasteiger partial charge >= 0.3 is 0 Å². The first-order chi connectivity index (χ1) is 6.97. The number of hydrogen-bond donors (Lipinski definition) is 1. The molecule has 0 aromatic carbocycles. The number of hydrogen-bond acceptors (Lipinski definition) is 2. The van der Waals surface area contributed by atoms with E-state index in [1.54, 1.807) is 6.92 Å². The van der Waals surface area contributed by atoms with Gasteiger partial charge < -0.3 is 5.32 Å². The van der Waals surface area contributed by atoms with Gasteiger partial charge in [0.05, 0.1) is 0 Å². The second-order valence-electron chi connectivity index (χ2n) is 5.49. The molecule has 0 aromatic rings. The first-order valence-corrected chi connectivity index (χ1v) is 6.15. The van der Waals surface area contributed by atoms with Crippen LogP contribution in [0.5, 0.6) is 0 Å². The van der Waals surface area contributed by atoms with Crippen molar-refractivity contribution >= 4 is 5.78 Å². The van der Waals surface area contributed by atoms with E-state index in [4.69, 9.17) is 0 Å². The first-order valence-electron chi connectivity index (χ1n) is 6.15. The predicted molar refractivity (Wildman–Crippen MR) is 63.7 cm³/mol. The minimum absolute atomic E-state index is 0.262. The predicted octanol–water partition coefficient (Wildman–Crippen LogP) is 2.48. The highest BCUT2D eigenvalue weighted by atomic mass is 16.1. The zero-order chi connectivity index (χ0) is 11.6. The summed E-state index contributed by atoms with van der Waals surface area (Å²) in [6.45, 7) is 8.32. The van der Waals surface area contributed by atoms with Crippen molar-refractivity contribution in [3.05, 3.63) is 0 Å². The maximum atomic E-state index is 11.3. The lowest BCUT2D eigenvalue weighted by molar-refractivity contribution is -0.120. The van der Waals surface area contributed by atoms with Crippen LogP contribution in [0.3, 0.4) is 0 Å². The van der Waals surface area contributed by atoms with Crippen LogP contribution >= 0.6 is 0 Å². The van der Waals surface area contributed by atoms with E-state index in [2.05, 4.69) is 26.1 Å². The third-order valence-corrected chi connectivity index (χ3v) is 3.79. The minimum Gasteiger partial charge on any atom is -0.317 e. The number of carbonyl (C=O) groups excluding carboxylic acids is 1. The van der Waals surface area contributed by atoms with E-state index in [0.29, 0.717) is 17.7 Å². The minimum atomic E-state index is 0.262. The van der Waals surface area contributed by atoms with Gasteiger partial charge in [0.2, 0.25) is 0 Å². The van der Waals surface area contributed by atoms with Crippen molar-refractivity contribution in [1.29, 1.82) is 0 Å². The van der Waals surface area contributed by atoms with Gasteiger partial charge in [0.15, 0.2) is 0 Å². The Morgan fingerprint density at radius 1 is 1.33 bits per heavy atom. The van der Waals surface area contributed by atoms with E-state index in [1.807, 2.05) is 7.05 Å². The molecule has 0 unspecified atom stereocenters. The number of carbonyl (C=O) groups is 1. The van der Waals surface area contributed by atoms with Gasteiger partial charge in [-0.05, 0) is 44.6 Å². The lowest BCUT2D eigenvalue weighted by Gasteiger charge is -2.19. The summed E-state index contributed by atoms with van der Waals surface area (Å²) >= 11 is 0. The monoisotopic (exact) mass is 211 g/mol. The highest BCUT2D eigenvalue weighted by molar-refractivity contribution is 5.78. The Hall–Kier alpha value is -0.370. The van der Waals surface area contributed by atoms with Gasteiger partial charge in [0.1, 0.15) is 5.78 Å². The maximum absolute atomic E-state index is 11.3. The summed E-state index contributed by atoms with van der Waals surface area (Å²) in [5, 5.41) is 3.41. The quantitative estimate of drug-likeness (QED) is 0.731. The summed E-state index contributed by atoms with van der Waals surface area (Å²) in [5.74, 6) is 2.71. The summed E-state index contributed by atoms with van der Waals surface area (Å²) in [7, 11) is 2.04. The molecular weight excluding hydrogens is 186 g/mol. The molecule has 2 heteroatoms. The van der Waals surface area contributed by atoms with Crippen LogP contribution < -0.4 is 5.32 Å². The molecule has 15 heavy (non-hydrogen) atoms. The molecule has 2 nitrogen and oxygen atoms in total. The number of Topliss-reactive ketones (excluding diaryl/α,β-unsaturated/α-hetero) is 1. The van der Waals surface area contributed by atoms with E-state index in [-0.39, 0.29) is 5.92 Å². The molecule has 0 radical (unpaired) electrons. The smallest absolute Gasteiger partial charge is 0.132 e. The Kier molecular flexibility index (Phi) is 4.32. The fourth-order valence-corrected chi connectivity index (χ4v) is 2.59. The maximum Gasteiger partial charge on any atom is 0.132 e. The molecule has 1 aliphatic rings. The van der Waals surface area contributed by atoms with Gasteiger partial charge in [-0.2, -0.15) is 0 Å². The third-order valence-electron chi connectivity index (χ3n) is 3.79. The van der Waals surface area contributed by atoms with Crippen molar-refractivity contribution in [2.45, 2.75) is 46.6 Å². The highest BCUT2D eigenvalue weighted by Crippen LogP contribution is 2.47. The molecule has 4 atom stereocenters. The molecule has 1 N–H and O–H groups in total. The zero-order valence-electron chi connectivity index (χ0n) is 10.7. The molecular formula is C13H25NO. The van der Waals surface area contributed by atoms with Crippen molar-refractivity contribution in [2.75, 3.05) is 7.05 Å². The summed E-state index contributed by atoms with van der Waals surface area (Å²) in [6.07, 6.45) is 2.46. The number of nitrogens with one attached hydrogen (secondary N) is 1. The van der Waals surface area contributed by atoms with Crippen molar-refractivity contribution in [2.24, 2.45) is 23.7 Å². The highest BCUT2D eigenvalue weighted by Gasteiger charge is 2.46. The molecule has 0 spiro atoms. The fourth-order valence-electron chi connectivity index (χ4n) is 2.59. The molecule has 1 aliphatic carbocycles. The second kappa shape index (κ2) is 5.11. The van der Waals surface area contributed by atoms with Crippen LogP contribution in [0.15, 0.2) is 0 Å². The average Bonchev–Trinajstić information content (AvgIpc) is 2.91. The van der Waals surface area contributed by atoms with Gasteiger partial charge in [-0.1, -0.05) is 20.8 Å². The van der Waals surface area contributed by atoms with Crippen LogP contribution in [0, 0.1) is 23.7 Å². The Morgan fingerprint density at radius 3 is 2.33 bits per heavy atom. The Balaban J connectivity index is 2.43. The Morgan fingerprint density at radius 2 is 1.93 bits per heavy atom. The molecule has 1 saturated carbocycles. The lowest BCUT2D eigenvalue weighted by Crippen LogP contribution is -2.30. The molecule has 0 bridgehead atoms. The summed E-state index contributed by atoms with van der Waals surface area (Å²) < 4.78 is 0. The largest absolute Gasteiger partial charge is 0.317 e. The fraction of sp³-hybridized carbons (Fsp3) is 0.923. The SMILES string of the molecule is CN[C@@H](CC(C)C)[C@@H]1C[C@H]1[C@@H](C)C(C)=O. The molecule has 0 aliphatic heterocycles. The van der Waals surface area contributed by atoms with Gasteiger partial charge in [-0.25, -0.2) is 0 Å². The second-order valence-corrected chi connectivity index (χ2v) is 5.49. The summed E-state index contributed by atoms with van der Waals surface area (Å²) in [6, 6.07) is 0.608. The standard InChI is InChI=1S/C13H25NO/c1-8(2)6-13(14-5)12-7-11(12)9(3)10(4)15/h8-9,11-14H,6-7H2,1-5H3/t9-,11-,12+,13-/m0/s1. The van der Waals surface area contributed by atoms with E-state index in [0.717, 1.165) is 11.8 Å². The van der Waals surface area contributed by atoms with E-state index < -0.39 is 0 Å². The molecule has 1 fully saturated rings. The van der Waals surface area contributed by atoms with Gasteiger partial charge in [0.25, 0.3) is 0 Å². The molecule has 1 rings (SSSR count). The van der Waals surface area contributed by atoms with Crippen LogP contribution in [0.2, 0.25) is 0 Å². The number of rotatable bonds is 6. The summed E-state index contributed by atoms with van der Waals surface area (Å²) in [4.78, 5) is 11.3. The van der Waals surface area contributed by atoms with Crippen LogP contribution in [0.25, 0.3) is 0 Å². The zero-order valence-corrected chi connectivity index (χ0v) is 10.7. The Bertz CT molecular complexity index is 225. The van der Waals surface area contributed by atoms with Crippen LogP contribution in [0.1, 0.15) is 40.5 Å². The Labute approximate surface area is 93.8 Å². The molecule has 0 aromatic heterocycles. The number of ketones is 1. The van der Waals surface area contributed by atoms with Gasteiger partial charge in [-0.3, -0.25) is 4.79 Å². The lowest BCUT2D eigenvalue weighted by atomic mass is 9.94. The first kappa shape index (κ1) is 12.7. The van der Waals surface area contributed by atoms with Crippen LogP contribution in [-0.2, 0) is 4.79 Å². The third kappa shape index (κ3) is 3.30. The van der Waals surface area contributed by atoms with Crippen molar-refractivity contribution in [1.82, 2.24) is 5.32 Å². The normalized spacial score (nSPS) is 28.9. The van der Waals surface area contributed by atoms with Crippen LogP contribution in [0.4, 0.5) is 0 Å². The van der Waals surface area contributed by atoms with Crippen molar-refractivity contribution in [3.8, 4) is 0 Å². The molecule has 0 saturated heterocycles. The van der Waals surface area contributed by atoms with E-state index in [1.165, 1.54) is 12.8 Å².